The second-order valence-electron chi connectivity index (χ2n) is 5.52. The van der Waals surface area contributed by atoms with Gasteiger partial charge in [-0.2, -0.15) is 0 Å². The van der Waals surface area contributed by atoms with Gasteiger partial charge in [0.2, 0.25) is 0 Å². The third kappa shape index (κ3) is 3.53. The number of nitrogens with zero attached hydrogens (tertiary/aromatic N) is 1. The number of rotatable bonds is 5. The smallest absolute Gasteiger partial charge is 0.305 e. The van der Waals surface area contributed by atoms with Gasteiger partial charge in [-0.1, -0.05) is 30.2 Å². The molecule has 0 spiro atoms. The molecule has 21 heavy (non-hydrogen) atoms. The van der Waals surface area contributed by atoms with Crippen LogP contribution < -0.4 is 5.32 Å². The number of esters is 1. The molecule has 1 aromatic heterocycles. The van der Waals surface area contributed by atoms with Gasteiger partial charge in [-0.05, 0) is 37.0 Å². The Morgan fingerprint density at radius 3 is 3.00 bits per heavy atom. The Kier molecular flexibility index (Phi) is 4.39. The highest BCUT2D eigenvalue weighted by atomic mass is 32.1. The Hall–Kier alpha value is -1.62. The zero-order valence-electron chi connectivity index (χ0n) is 12.2. The topological polar surface area (TPSA) is 51.2 Å². The lowest BCUT2D eigenvalue weighted by Crippen LogP contribution is -2.13. The SMILES string of the molecule is COC(=O)CCc1ccc2nc(NC3CCCC3)sc2c1. The highest BCUT2D eigenvalue weighted by Gasteiger charge is 2.16. The average Bonchev–Trinajstić information content (AvgIpc) is 3.13. The number of anilines is 1. The first kappa shape index (κ1) is 14.3. The number of aryl methyl sites for hydroxylation is 1. The Labute approximate surface area is 128 Å². The maximum absolute atomic E-state index is 11.2. The highest BCUT2D eigenvalue weighted by Crippen LogP contribution is 2.30. The Morgan fingerprint density at radius 1 is 1.43 bits per heavy atom. The van der Waals surface area contributed by atoms with Crippen LogP contribution in [0.1, 0.15) is 37.7 Å². The number of carbonyl (C=O) groups is 1. The van der Waals surface area contributed by atoms with Gasteiger partial charge >= 0.3 is 5.97 Å². The number of hydrogen-bond acceptors (Lipinski definition) is 5. The third-order valence-corrected chi connectivity index (χ3v) is 4.93. The molecule has 1 aromatic carbocycles. The van der Waals surface area contributed by atoms with Crippen LogP contribution in [0.2, 0.25) is 0 Å². The minimum absolute atomic E-state index is 0.164. The minimum atomic E-state index is -0.164. The summed E-state index contributed by atoms with van der Waals surface area (Å²) < 4.78 is 5.86. The van der Waals surface area contributed by atoms with E-state index in [1.165, 1.54) is 37.5 Å². The number of benzene rings is 1. The first-order valence-corrected chi connectivity index (χ1v) is 8.29. The molecule has 1 aliphatic rings. The molecule has 1 aliphatic carbocycles. The lowest BCUT2D eigenvalue weighted by molar-refractivity contribution is -0.140. The van der Waals surface area contributed by atoms with Crippen molar-refractivity contribution in [1.29, 1.82) is 0 Å². The molecular formula is C16H20N2O2S. The number of ether oxygens (including phenoxy) is 1. The molecule has 1 fully saturated rings. The van der Waals surface area contributed by atoms with Crippen molar-refractivity contribution >= 4 is 32.7 Å². The van der Waals surface area contributed by atoms with E-state index in [4.69, 9.17) is 0 Å². The van der Waals surface area contributed by atoms with Crippen molar-refractivity contribution in [2.75, 3.05) is 12.4 Å². The minimum Gasteiger partial charge on any atom is -0.469 e. The second kappa shape index (κ2) is 6.43. The van der Waals surface area contributed by atoms with Gasteiger partial charge in [-0.15, -0.1) is 0 Å². The lowest BCUT2D eigenvalue weighted by Gasteiger charge is -2.09. The second-order valence-corrected chi connectivity index (χ2v) is 6.55. The van der Waals surface area contributed by atoms with E-state index >= 15 is 0 Å². The lowest BCUT2D eigenvalue weighted by atomic mass is 10.1. The van der Waals surface area contributed by atoms with Crippen molar-refractivity contribution in [1.82, 2.24) is 4.98 Å². The van der Waals surface area contributed by atoms with Crippen LogP contribution in [0.3, 0.4) is 0 Å². The molecule has 3 rings (SSSR count). The Balaban J connectivity index is 1.70. The number of thiazole rings is 1. The van der Waals surface area contributed by atoms with Crippen molar-refractivity contribution in [2.24, 2.45) is 0 Å². The van der Waals surface area contributed by atoms with E-state index in [2.05, 4.69) is 21.1 Å². The monoisotopic (exact) mass is 304 g/mol. The van der Waals surface area contributed by atoms with Crippen LogP contribution in [0.4, 0.5) is 5.13 Å². The number of methoxy groups -OCH3 is 1. The molecule has 2 aromatic rings. The van der Waals surface area contributed by atoms with E-state index in [0.29, 0.717) is 18.9 Å². The van der Waals surface area contributed by atoms with Gasteiger partial charge in [0.15, 0.2) is 5.13 Å². The van der Waals surface area contributed by atoms with E-state index in [-0.39, 0.29) is 5.97 Å². The molecule has 0 radical (unpaired) electrons. The van der Waals surface area contributed by atoms with Crippen LogP contribution in [0.5, 0.6) is 0 Å². The number of carbonyl (C=O) groups excluding carboxylic acids is 1. The summed E-state index contributed by atoms with van der Waals surface area (Å²) in [5, 5.41) is 4.56. The van der Waals surface area contributed by atoms with E-state index in [1.807, 2.05) is 12.1 Å². The van der Waals surface area contributed by atoms with Crippen molar-refractivity contribution in [2.45, 2.75) is 44.6 Å². The summed E-state index contributed by atoms with van der Waals surface area (Å²) in [4.78, 5) is 15.8. The number of nitrogens with one attached hydrogen (secondary N) is 1. The van der Waals surface area contributed by atoms with Crippen LogP contribution in [0.25, 0.3) is 10.2 Å². The zero-order valence-corrected chi connectivity index (χ0v) is 13.0. The fourth-order valence-electron chi connectivity index (χ4n) is 2.78. The van der Waals surface area contributed by atoms with Crippen molar-refractivity contribution in [3.05, 3.63) is 23.8 Å². The first-order valence-electron chi connectivity index (χ1n) is 7.47. The van der Waals surface area contributed by atoms with Crippen LogP contribution >= 0.6 is 11.3 Å². The van der Waals surface area contributed by atoms with Crippen molar-refractivity contribution in [3.8, 4) is 0 Å². The van der Waals surface area contributed by atoms with Crippen molar-refractivity contribution in [3.63, 3.8) is 0 Å². The summed E-state index contributed by atoms with van der Waals surface area (Å²) in [5.41, 5.74) is 2.19. The Morgan fingerprint density at radius 2 is 2.24 bits per heavy atom. The normalized spacial score (nSPS) is 15.5. The summed E-state index contributed by atoms with van der Waals surface area (Å²) in [6.07, 6.45) is 6.28. The Bertz CT molecular complexity index is 632. The standard InChI is InChI=1S/C16H20N2O2S/c1-20-15(19)9-7-11-6-8-13-14(10-11)21-16(18-13)17-12-4-2-3-5-12/h6,8,10,12H,2-5,7,9H2,1H3,(H,17,18). The molecule has 0 atom stereocenters. The number of fused-ring (bicyclic) bond motifs is 1. The molecule has 0 unspecified atom stereocenters. The maximum atomic E-state index is 11.2. The van der Waals surface area contributed by atoms with Gasteiger partial charge in [0.05, 0.1) is 17.3 Å². The summed E-state index contributed by atoms with van der Waals surface area (Å²) in [5.74, 6) is -0.164. The van der Waals surface area contributed by atoms with Crippen LogP contribution in [-0.2, 0) is 16.0 Å². The van der Waals surface area contributed by atoms with E-state index < -0.39 is 0 Å². The molecule has 4 nitrogen and oxygen atoms in total. The molecule has 0 amide bonds. The van der Waals surface area contributed by atoms with Crippen LogP contribution in [0.15, 0.2) is 18.2 Å². The first-order chi connectivity index (χ1) is 10.2. The molecule has 0 aliphatic heterocycles. The molecule has 5 heteroatoms. The fraction of sp³-hybridized carbons (Fsp3) is 0.500. The van der Waals surface area contributed by atoms with Gasteiger partial charge in [0.1, 0.15) is 0 Å². The van der Waals surface area contributed by atoms with Crippen LogP contribution in [-0.4, -0.2) is 24.1 Å². The third-order valence-electron chi connectivity index (χ3n) is 3.98. The van der Waals surface area contributed by atoms with Gasteiger partial charge in [-0.3, -0.25) is 4.79 Å². The predicted octanol–water partition coefficient (Wildman–Crippen LogP) is 3.76. The molecule has 0 saturated heterocycles. The average molecular weight is 304 g/mol. The number of hydrogen-bond donors (Lipinski definition) is 1. The fourth-order valence-corrected chi connectivity index (χ4v) is 3.79. The maximum Gasteiger partial charge on any atom is 0.305 e. The molecule has 0 bridgehead atoms. The van der Waals surface area contributed by atoms with Gasteiger partial charge in [0, 0.05) is 12.5 Å². The molecule has 1 N–H and O–H groups in total. The van der Waals surface area contributed by atoms with E-state index in [0.717, 1.165) is 16.2 Å². The van der Waals surface area contributed by atoms with Gasteiger partial charge < -0.3 is 10.1 Å². The molecule has 112 valence electrons. The quantitative estimate of drug-likeness (QED) is 0.855. The van der Waals surface area contributed by atoms with E-state index in [1.54, 1.807) is 11.3 Å². The summed E-state index contributed by atoms with van der Waals surface area (Å²) >= 11 is 1.70. The predicted molar refractivity (Wildman–Crippen MR) is 85.8 cm³/mol. The van der Waals surface area contributed by atoms with Gasteiger partial charge in [0.25, 0.3) is 0 Å². The molecular weight excluding hydrogens is 284 g/mol. The summed E-state index contributed by atoms with van der Waals surface area (Å²) in [7, 11) is 1.43. The molecule has 1 saturated carbocycles. The van der Waals surface area contributed by atoms with E-state index in [9.17, 15) is 4.79 Å². The van der Waals surface area contributed by atoms with Crippen molar-refractivity contribution < 1.29 is 9.53 Å². The zero-order chi connectivity index (χ0) is 14.7. The van der Waals surface area contributed by atoms with Crippen LogP contribution in [0, 0.1) is 0 Å². The summed E-state index contributed by atoms with van der Waals surface area (Å²) in [6.45, 7) is 0. The molecule has 1 heterocycles. The summed E-state index contributed by atoms with van der Waals surface area (Å²) in [6, 6.07) is 6.81. The largest absolute Gasteiger partial charge is 0.469 e. The number of aromatic nitrogens is 1. The highest BCUT2D eigenvalue weighted by molar-refractivity contribution is 7.22. The van der Waals surface area contributed by atoms with Gasteiger partial charge in [-0.25, -0.2) is 4.98 Å².